The van der Waals surface area contributed by atoms with Crippen molar-refractivity contribution in [1.82, 2.24) is 0 Å². The van der Waals surface area contributed by atoms with Gasteiger partial charge in [0.1, 0.15) is 17.7 Å². The van der Waals surface area contributed by atoms with Gasteiger partial charge in [-0.3, -0.25) is 28.2 Å². The Bertz CT molecular complexity index is 854. The average Bonchev–Trinajstić information content (AvgIpc) is 2.96. The highest BCUT2D eigenvalue weighted by Gasteiger charge is 2.51. The molecule has 2 heterocycles. The molecular formula is C15H24N4O11P+. The van der Waals surface area contributed by atoms with Gasteiger partial charge in [-0.15, -0.1) is 0 Å². The highest BCUT2D eigenvalue weighted by Crippen LogP contribution is 2.46. The first-order chi connectivity index (χ1) is 14.3. The van der Waals surface area contributed by atoms with Gasteiger partial charge in [-0.25, -0.2) is 4.57 Å². The molecule has 1 aromatic heterocycles. The molecule has 2 unspecified atom stereocenters. The smallest absolute Gasteiger partial charge is 0.474 e. The molecule has 0 aliphatic carbocycles. The van der Waals surface area contributed by atoms with E-state index in [2.05, 4.69) is 14.8 Å². The van der Waals surface area contributed by atoms with E-state index in [0.717, 1.165) is 7.11 Å². The molecule has 0 spiro atoms. The first kappa shape index (κ1) is 26.5. The van der Waals surface area contributed by atoms with Crippen LogP contribution in [0.1, 0.15) is 23.0 Å². The Balaban J connectivity index is 0.000000452. The lowest BCUT2D eigenvalue weighted by Crippen LogP contribution is -2.46. The molecule has 0 radical (unpaired) electrons. The number of ether oxygens (including phenoxy) is 1. The van der Waals surface area contributed by atoms with Crippen LogP contribution in [-0.2, 0) is 27.9 Å². The molecule has 16 heteroatoms. The molecular weight excluding hydrogens is 443 g/mol. The van der Waals surface area contributed by atoms with Gasteiger partial charge in [-0.1, -0.05) is 0 Å². The van der Waals surface area contributed by atoms with Gasteiger partial charge in [-0.05, 0) is 6.07 Å². The number of nitrogens with zero attached hydrogens (tertiary/aromatic N) is 1. The molecule has 6 atom stereocenters. The number of phosphoric ester groups is 1. The van der Waals surface area contributed by atoms with Crippen molar-refractivity contribution in [2.75, 3.05) is 7.11 Å². The van der Waals surface area contributed by atoms with E-state index in [4.69, 9.17) is 21.3 Å². The fraction of sp³-hybridized carbons (Fsp3) is 0.467. The Hall–Kier alpha value is -2.49. The van der Waals surface area contributed by atoms with Crippen molar-refractivity contribution in [3.8, 4) is 0 Å². The number of hydrogen-bond donors (Lipinski definition) is 7. The van der Waals surface area contributed by atoms with Crippen LogP contribution in [0.25, 0.3) is 0 Å². The second kappa shape index (κ2) is 11.2. The molecule has 0 aromatic carbocycles. The van der Waals surface area contributed by atoms with Crippen LogP contribution in [0.4, 0.5) is 0 Å². The number of hydrogen-bond acceptors (Lipinski definition) is 10. The quantitative estimate of drug-likeness (QED) is 0.146. The molecule has 1 fully saturated rings. The number of carboxylic acids is 1. The van der Waals surface area contributed by atoms with Crippen LogP contribution in [0.2, 0.25) is 0 Å². The molecule has 2 rings (SSSR count). The third-order valence-corrected chi connectivity index (χ3v) is 4.74. The number of rotatable bonds is 8. The van der Waals surface area contributed by atoms with Crippen LogP contribution in [0.15, 0.2) is 24.5 Å². The second-order valence-corrected chi connectivity index (χ2v) is 7.67. The lowest BCUT2D eigenvalue weighted by atomic mass is 10.2. The number of phosphoric acid groups is 1. The molecule has 10 N–H and O–H groups in total. The van der Waals surface area contributed by atoms with E-state index < -0.39 is 56.4 Å². The summed E-state index contributed by atoms with van der Waals surface area (Å²) in [5, 5.41) is 27.9. The average molecular weight is 467 g/mol. The highest BCUT2D eigenvalue weighted by molar-refractivity contribution is 7.47. The summed E-state index contributed by atoms with van der Waals surface area (Å²) in [6, 6.07) is 1.78. The summed E-state index contributed by atoms with van der Waals surface area (Å²) in [6.07, 6.45) is -3.32. The van der Waals surface area contributed by atoms with Crippen LogP contribution in [0, 0.1) is 0 Å². The monoisotopic (exact) mass is 467 g/mol. The first-order valence-electron chi connectivity index (χ1n) is 8.45. The molecule has 0 saturated carbocycles. The van der Waals surface area contributed by atoms with Gasteiger partial charge in [0.25, 0.3) is 12.1 Å². The van der Waals surface area contributed by atoms with Gasteiger partial charge in [0.15, 0.2) is 18.5 Å². The van der Waals surface area contributed by atoms with Crippen LogP contribution < -0.4 is 21.8 Å². The van der Waals surface area contributed by atoms with E-state index in [1.54, 1.807) is 0 Å². The van der Waals surface area contributed by atoms with Crippen molar-refractivity contribution >= 4 is 25.6 Å². The number of aliphatic carboxylic acids is 1. The van der Waals surface area contributed by atoms with Crippen molar-refractivity contribution in [2.24, 2.45) is 17.2 Å². The number of primary amides is 2. The van der Waals surface area contributed by atoms with Crippen molar-refractivity contribution in [3.63, 3.8) is 0 Å². The third kappa shape index (κ3) is 7.93. The predicted molar refractivity (Wildman–Crippen MR) is 98.4 cm³/mol. The van der Waals surface area contributed by atoms with E-state index in [1.165, 1.54) is 29.1 Å². The summed E-state index contributed by atoms with van der Waals surface area (Å²) in [7, 11) is -3.46. The molecule has 1 aliphatic rings. The summed E-state index contributed by atoms with van der Waals surface area (Å²) in [6.45, 7) is 0. The van der Waals surface area contributed by atoms with E-state index in [1.807, 2.05) is 0 Å². The van der Waals surface area contributed by atoms with Gasteiger partial charge in [0.2, 0.25) is 12.2 Å². The molecule has 0 bridgehead atoms. The van der Waals surface area contributed by atoms with Crippen molar-refractivity contribution in [1.29, 1.82) is 0 Å². The largest absolute Gasteiger partial charge is 0.480 e. The molecule has 174 valence electrons. The summed E-state index contributed by atoms with van der Waals surface area (Å²) in [5.74, 6) is -2.60. The zero-order chi connectivity index (χ0) is 23.9. The van der Waals surface area contributed by atoms with Crippen LogP contribution in [0.5, 0.6) is 0 Å². The van der Waals surface area contributed by atoms with Crippen molar-refractivity contribution < 1.29 is 57.5 Å². The first-order valence-corrected chi connectivity index (χ1v) is 9.94. The number of aliphatic hydroxyl groups is 2. The minimum absolute atomic E-state index is 0.155. The van der Waals surface area contributed by atoms with Gasteiger partial charge in [0.05, 0.1) is 6.42 Å². The molecule has 2 amide bonds. The maximum atomic E-state index is 11.3. The lowest BCUT2D eigenvalue weighted by molar-refractivity contribution is -0.767. The topological polar surface area (TPSA) is 259 Å². The maximum Gasteiger partial charge on any atom is 0.474 e. The number of carbonyl (C=O) groups excluding carboxylic acids is 2. The zero-order valence-electron chi connectivity index (χ0n) is 16.2. The SMILES string of the molecule is COP(=O)(O)O[C@H]1O[C@@H]([n+]2cccc(C(N)=O)c2)[C@H](O)[C@@H]1O.NC(=O)CC(N)C(=O)O. The van der Waals surface area contributed by atoms with Crippen LogP contribution in [-0.4, -0.2) is 69.6 Å². The fourth-order valence-corrected chi connectivity index (χ4v) is 2.76. The summed E-state index contributed by atoms with van der Waals surface area (Å²) < 4.78 is 26.7. The standard InChI is InChI=1S/C11H15N2O8P.C4H8N2O3/c1-19-22(17,18)21-11-8(15)7(14)10(20-11)13-4-2-3-6(5-13)9(12)16;5-2(4(8)9)1-3(6)7/h2-5,7-8,10-11,14-15H,1H3,(H2-,12,16,17,18);2H,1,5H2,(H2,6,7)(H,8,9)/p+1/t7-,8+,10-,11-;/m1./s1. The number of aliphatic hydroxyl groups excluding tert-OH is 2. The molecule has 31 heavy (non-hydrogen) atoms. The van der Waals surface area contributed by atoms with Crippen LogP contribution >= 0.6 is 7.82 Å². The van der Waals surface area contributed by atoms with E-state index in [9.17, 15) is 34.1 Å². The molecule has 1 saturated heterocycles. The Kier molecular flexibility index (Phi) is 9.61. The Morgan fingerprint density at radius 1 is 1.29 bits per heavy atom. The van der Waals surface area contributed by atoms with Gasteiger partial charge >= 0.3 is 13.8 Å². The van der Waals surface area contributed by atoms with Gasteiger partial charge in [-0.2, -0.15) is 4.57 Å². The van der Waals surface area contributed by atoms with E-state index >= 15 is 0 Å². The summed E-state index contributed by atoms with van der Waals surface area (Å²) in [5.41, 5.74) is 14.9. The van der Waals surface area contributed by atoms with Crippen LogP contribution in [0.3, 0.4) is 0 Å². The Morgan fingerprint density at radius 2 is 1.90 bits per heavy atom. The lowest BCUT2D eigenvalue weighted by Gasteiger charge is -2.16. The molecule has 1 aromatic rings. The second-order valence-electron chi connectivity index (χ2n) is 6.15. The fourth-order valence-electron chi connectivity index (χ4n) is 2.24. The van der Waals surface area contributed by atoms with E-state index in [0.29, 0.717) is 0 Å². The Morgan fingerprint density at radius 3 is 2.35 bits per heavy atom. The number of pyridine rings is 1. The van der Waals surface area contributed by atoms with Crippen molar-refractivity contribution in [3.05, 3.63) is 30.1 Å². The normalized spacial score (nSPS) is 25.6. The number of nitrogens with two attached hydrogens (primary N) is 3. The zero-order valence-corrected chi connectivity index (χ0v) is 17.1. The number of aromatic nitrogens is 1. The molecule has 15 nitrogen and oxygen atoms in total. The number of carbonyl (C=O) groups is 3. The summed E-state index contributed by atoms with van der Waals surface area (Å²) >= 11 is 0. The van der Waals surface area contributed by atoms with Crippen molar-refractivity contribution in [2.45, 2.75) is 37.2 Å². The number of amides is 2. The summed E-state index contributed by atoms with van der Waals surface area (Å²) in [4.78, 5) is 40.3. The highest BCUT2D eigenvalue weighted by atomic mass is 31.2. The minimum Gasteiger partial charge on any atom is -0.480 e. The van der Waals surface area contributed by atoms with E-state index in [-0.39, 0.29) is 12.0 Å². The predicted octanol–water partition coefficient (Wildman–Crippen LogP) is -3.31. The number of carboxylic acid groups (broad SMARTS) is 1. The van der Waals surface area contributed by atoms with Gasteiger partial charge in [0, 0.05) is 13.2 Å². The Labute approximate surface area is 175 Å². The van der Waals surface area contributed by atoms with Gasteiger partial charge < -0.3 is 37.4 Å². The molecule has 1 aliphatic heterocycles. The minimum atomic E-state index is -4.41. The maximum absolute atomic E-state index is 11.3. The third-order valence-electron chi connectivity index (χ3n) is 3.80.